The predicted molar refractivity (Wildman–Crippen MR) is 98.3 cm³/mol. The number of amides is 1. The van der Waals surface area contributed by atoms with Crippen molar-refractivity contribution in [2.45, 2.75) is 38.1 Å². The molecular formula is C19H28N4O3. The van der Waals surface area contributed by atoms with Crippen LogP contribution < -0.4 is 11.2 Å². The zero-order valence-electron chi connectivity index (χ0n) is 15.7. The van der Waals surface area contributed by atoms with Gasteiger partial charge in [0.05, 0.1) is 0 Å². The van der Waals surface area contributed by atoms with Gasteiger partial charge in [0.15, 0.2) is 0 Å². The van der Waals surface area contributed by atoms with Crippen LogP contribution in [0.3, 0.4) is 0 Å². The van der Waals surface area contributed by atoms with Gasteiger partial charge in [-0.1, -0.05) is 6.42 Å². The van der Waals surface area contributed by atoms with E-state index in [1.54, 1.807) is 7.05 Å². The van der Waals surface area contributed by atoms with E-state index in [1.807, 2.05) is 4.90 Å². The Bertz CT molecular complexity index is 823. The van der Waals surface area contributed by atoms with Gasteiger partial charge in [0.25, 0.3) is 11.5 Å². The van der Waals surface area contributed by atoms with Crippen LogP contribution in [0.5, 0.6) is 0 Å². The van der Waals surface area contributed by atoms with Crippen LogP contribution in [-0.4, -0.2) is 57.1 Å². The van der Waals surface area contributed by atoms with Gasteiger partial charge in [-0.25, -0.2) is 4.79 Å². The predicted octanol–water partition coefficient (Wildman–Crippen LogP) is 0.421. The van der Waals surface area contributed by atoms with Gasteiger partial charge < -0.3 is 4.90 Å². The highest BCUT2D eigenvalue weighted by Crippen LogP contribution is 2.33. The van der Waals surface area contributed by atoms with Crippen molar-refractivity contribution in [3.05, 3.63) is 32.6 Å². The molecule has 1 amide bonds. The number of piperidine rings is 1. The fourth-order valence-electron chi connectivity index (χ4n) is 4.68. The highest BCUT2D eigenvalue weighted by Gasteiger charge is 2.38. The van der Waals surface area contributed by atoms with Crippen LogP contribution in [0.1, 0.15) is 42.6 Å². The second-order valence-electron chi connectivity index (χ2n) is 8.33. The lowest BCUT2D eigenvalue weighted by Crippen LogP contribution is -2.47. The molecule has 4 heterocycles. The molecule has 2 atom stereocenters. The van der Waals surface area contributed by atoms with E-state index in [-0.39, 0.29) is 11.6 Å². The van der Waals surface area contributed by atoms with Crippen LogP contribution in [0, 0.1) is 11.8 Å². The number of fused-ring (bicyclic) bond motifs is 4. The summed E-state index contributed by atoms with van der Waals surface area (Å²) in [5.74, 6) is 1.13. The van der Waals surface area contributed by atoms with Crippen LogP contribution in [0.25, 0.3) is 0 Å². The summed E-state index contributed by atoms with van der Waals surface area (Å²) >= 11 is 0. The minimum Gasteiger partial charge on any atom is -0.335 e. The van der Waals surface area contributed by atoms with Gasteiger partial charge >= 0.3 is 5.69 Å². The monoisotopic (exact) mass is 360 g/mol. The molecule has 1 aliphatic carbocycles. The molecule has 5 rings (SSSR count). The molecule has 7 heteroatoms. The normalized spacial score (nSPS) is 26.6. The van der Waals surface area contributed by atoms with Gasteiger partial charge in [0.1, 0.15) is 5.69 Å². The zero-order chi connectivity index (χ0) is 18.4. The average molecular weight is 360 g/mol. The number of aromatic nitrogens is 2. The largest absolute Gasteiger partial charge is 0.335 e. The van der Waals surface area contributed by atoms with Gasteiger partial charge in [0.2, 0.25) is 0 Å². The molecule has 142 valence electrons. The summed E-state index contributed by atoms with van der Waals surface area (Å²) in [6.45, 7) is 3.65. The summed E-state index contributed by atoms with van der Waals surface area (Å²) in [6.07, 6.45) is 6.33. The van der Waals surface area contributed by atoms with Crippen molar-refractivity contribution in [1.29, 1.82) is 0 Å². The van der Waals surface area contributed by atoms with E-state index in [0.29, 0.717) is 18.5 Å². The molecule has 4 aliphatic rings. The van der Waals surface area contributed by atoms with E-state index in [2.05, 4.69) is 4.90 Å². The van der Waals surface area contributed by atoms with Gasteiger partial charge in [0, 0.05) is 52.4 Å². The smallest absolute Gasteiger partial charge is 0.331 e. The molecule has 0 spiro atoms. The average Bonchev–Trinajstić information content (AvgIpc) is 2.90. The van der Waals surface area contributed by atoms with Crippen molar-refractivity contribution in [1.82, 2.24) is 18.9 Å². The molecular weight excluding hydrogens is 332 g/mol. The summed E-state index contributed by atoms with van der Waals surface area (Å²) in [6, 6.07) is 1.70. The SMILES string of the molecule is Cn1c(C(=O)N2C[C@H]3CC[C@@H](C2)N(CC2CCC2)C3)cc(=O)n(C)c1=O. The van der Waals surface area contributed by atoms with Crippen LogP contribution in [-0.2, 0) is 14.1 Å². The third-order valence-electron chi connectivity index (χ3n) is 6.58. The van der Waals surface area contributed by atoms with Crippen LogP contribution in [0.4, 0.5) is 0 Å². The molecule has 7 nitrogen and oxygen atoms in total. The minimum absolute atomic E-state index is 0.190. The number of hydrogen-bond acceptors (Lipinski definition) is 4. The third kappa shape index (κ3) is 3.02. The standard InChI is InChI=1S/C19H28N4O3/c1-20-16(8-17(24)21(2)19(20)26)18(25)23-11-14-6-7-15(12-23)22(10-14)9-13-4-3-5-13/h8,13-15H,3-7,9-12H2,1-2H3/t14-,15-/m0/s1. The van der Waals surface area contributed by atoms with E-state index in [9.17, 15) is 14.4 Å². The molecule has 0 radical (unpaired) electrons. The zero-order valence-corrected chi connectivity index (χ0v) is 15.7. The van der Waals surface area contributed by atoms with E-state index in [0.717, 1.165) is 43.0 Å². The third-order valence-corrected chi connectivity index (χ3v) is 6.58. The summed E-state index contributed by atoms with van der Waals surface area (Å²) in [4.78, 5) is 41.7. The molecule has 0 unspecified atom stereocenters. The fraction of sp³-hybridized carbons (Fsp3) is 0.737. The molecule has 3 aliphatic heterocycles. The maximum atomic E-state index is 13.1. The minimum atomic E-state index is -0.453. The second-order valence-corrected chi connectivity index (χ2v) is 8.33. The first kappa shape index (κ1) is 17.5. The molecule has 3 saturated heterocycles. The van der Waals surface area contributed by atoms with Gasteiger partial charge in [-0.2, -0.15) is 0 Å². The number of rotatable bonds is 3. The molecule has 0 N–H and O–H groups in total. The van der Waals surface area contributed by atoms with Crippen molar-refractivity contribution in [2.24, 2.45) is 25.9 Å². The Labute approximate surface area is 153 Å². The van der Waals surface area contributed by atoms with Crippen molar-refractivity contribution >= 4 is 5.91 Å². The van der Waals surface area contributed by atoms with Crippen molar-refractivity contribution in [3.63, 3.8) is 0 Å². The molecule has 4 fully saturated rings. The lowest BCUT2D eigenvalue weighted by molar-refractivity contribution is 0.0706. The Hall–Kier alpha value is -1.89. The molecule has 0 aromatic carbocycles. The summed E-state index contributed by atoms with van der Waals surface area (Å²) in [5, 5.41) is 0. The maximum absolute atomic E-state index is 13.1. The van der Waals surface area contributed by atoms with Crippen LogP contribution >= 0.6 is 0 Å². The Kier molecular flexibility index (Phi) is 4.50. The molecule has 1 saturated carbocycles. The summed E-state index contributed by atoms with van der Waals surface area (Å²) < 4.78 is 2.33. The molecule has 1 aromatic heterocycles. The van der Waals surface area contributed by atoms with E-state index >= 15 is 0 Å². The van der Waals surface area contributed by atoms with E-state index < -0.39 is 11.2 Å². The quantitative estimate of drug-likeness (QED) is 0.784. The first-order valence-corrected chi connectivity index (χ1v) is 9.74. The lowest BCUT2D eigenvalue weighted by Gasteiger charge is -2.40. The Balaban J connectivity index is 1.56. The topological polar surface area (TPSA) is 67.6 Å². The summed E-state index contributed by atoms with van der Waals surface area (Å²) in [7, 11) is 2.99. The van der Waals surface area contributed by atoms with Gasteiger partial charge in [-0.15, -0.1) is 0 Å². The first-order valence-electron chi connectivity index (χ1n) is 9.74. The Morgan fingerprint density at radius 1 is 1.04 bits per heavy atom. The first-order chi connectivity index (χ1) is 12.4. The molecule has 2 bridgehead atoms. The Morgan fingerprint density at radius 3 is 2.50 bits per heavy atom. The van der Waals surface area contributed by atoms with E-state index in [4.69, 9.17) is 0 Å². The van der Waals surface area contributed by atoms with Crippen LogP contribution in [0.2, 0.25) is 0 Å². The van der Waals surface area contributed by atoms with E-state index in [1.165, 1.54) is 36.9 Å². The highest BCUT2D eigenvalue weighted by atomic mass is 16.2. The number of nitrogens with zero attached hydrogens (tertiary/aromatic N) is 4. The van der Waals surface area contributed by atoms with Crippen molar-refractivity contribution < 1.29 is 4.79 Å². The molecule has 1 aromatic rings. The Morgan fingerprint density at radius 2 is 1.81 bits per heavy atom. The van der Waals surface area contributed by atoms with Gasteiger partial charge in [-0.3, -0.25) is 23.6 Å². The molecule has 26 heavy (non-hydrogen) atoms. The lowest BCUT2D eigenvalue weighted by atomic mass is 9.83. The van der Waals surface area contributed by atoms with Crippen LogP contribution in [0.15, 0.2) is 15.7 Å². The fourth-order valence-corrected chi connectivity index (χ4v) is 4.68. The van der Waals surface area contributed by atoms with Crippen molar-refractivity contribution in [3.8, 4) is 0 Å². The number of carbonyl (C=O) groups excluding carboxylic acids is 1. The van der Waals surface area contributed by atoms with Gasteiger partial charge in [-0.05, 0) is 37.5 Å². The maximum Gasteiger partial charge on any atom is 0.331 e. The second kappa shape index (κ2) is 6.68. The number of carbonyl (C=O) groups is 1. The number of hydrogen-bond donors (Lipinski definition) is 0. The summed E-state index contributed by atoms with van der Waals surface area (Å²) in [5.41, 5.74) is -0.684. The highest BCUT2D eigenvalue weighted by molar-refractivity contribution is 5.92. The van der Waals surface area contributed by atoms with Crippen molar-refractivity contribution in [2.75, 3.05) is 26.2 Å².